The fourth-order valence-corrected chi connectivity index (χ4v) is 4.51. The molecule has 0 saturated carbocycles. The maximum Gasteiger partial charge on any atom is 0.251 e. The molecule has 1 aliphatic rings. The zero-order chi connectivity index (χ0) is 24.3. The van der Waals surface area contributed by atoms with Gasteiger partial charge in [0.15, 0.2) is 0 Å². The molecule has 0 aliphatic carbocycles. The van der Waals surface area contributed by atoms with Gasteiger partial charge in [0.25, 0.3) is 5.91 Å². The second-order valence-electron chi connectivity index (χ2n) is 8.82. The van der Waals surface area contributed by atoms with E-state index in [0.717, 1.165) is 53.2 Å². The van der Waals surface area contributed by atoms with E-state index in [1.165, 1.54) is 5.56 Å². The Kier molecular flexibility index (Phi) is 5.87. The summed E-state index contributed by atoms with van der Waals surface area (Å²) >= 11 is 0. The molecule has 3 heterocycles. The SMILES string of the molecule is O=C(NCCCn1ccnc1)c1ccc2nc(-c3ccccc3)c(-c3ccc4c(c3)CCO4)nc2c1. The van der Waals surface area contributed by atoms with Crippen LogP contribution in [0, 0.1) is 0 Å². The highest BCUT2D eigenvalue weighted by Gasteiger charge is 2.18. The van der Waals surface area contributed by atoms with Crippen LogP contribution in [0.2, 0.25) is 0 Å². The standard InChI is InChI=1S/C29H25N5O2/c35-29(31-12-4-14-34-15-13-30-19-34)23-7-9-24-25(18-23)33-28(27(32-24)20-5-2-1-3-6-20)22-8-10-26-21(17-22)11-16-36-26/h1-3,5-10,13,15,17-19H,4,11-12,14,16H2,(H,31,35). The van der Waals surface area contributed by atoms with Crippen LogP contribution in [0.15, 0.2) is 85.5 Å². The predicted molar refractivity (Wildman–Crippen MR) is 139 cm³/mol. The van der Waals surface area contributed by atoms with Crippen LogP contribution in [0.4, 0.5) is 0 Å². The van der Waals surface area contributed by atoms with Crippen molar-refractivity contribution >= 4 is 16.9 Å². The van der Waals surface area contributed by atoms with Crippen molar-refractivity contribution in [3.05, 3.63) is 96.6 Å². The molecule has 0 unspecified atom stereocenters. The van der Waals surface area contributed by atoms with Gasteiger partial charge in [-0.25, -0.2) is 15.0 Å². The molecule has 7 nitrogen and oxygen atoms in total. The monoisotopic (exact) mass is 475 g/mol. The molecule has 36 heavy (non-hydrogen) atoms. The molecule has 0 saturated heterocycles. The molecular weight excluding hydrogens is 450 g/mol. The quantitative estimate of drug-likeness (QED) is 0.338. The van der Waals surface area contributed by atoms with Gasteiger partial charge in [-0.15, -0.1) is 0 Å². The number of carbonyl (C=O) groups excluding carboxylic acids is 1. The van der Waals surface area contributed by atoms with Gasteiger partial charge in [0.05, 0.1) is 35.4 Å². The van der Waals surface area contributed by atoms with Gasteiger partial charge in [-0.2, -0.15) is 0 Å². The van der Waals surface area contributed by atoms with Crippen molar-refractivity contribution < 1.29 is 9.53 Å². The zero-order valence-corrected chi connectivity index (χ0v) is 19.7. The first kappa shape index (κ1) is 22.0. The Bertz CT molecular complexity index is 1530. The van der Waals surface area contributed by atoms with E-state index in [2.05, 4.69) is 16.4 Å². The number of nitrogens with zero attached hydrogens (tertiary/aromatic N) is 4. The fourth-order valence-electron chi connectivity index (χ4n) is 4.51. The minimum absolute atomic E-state index is 0.118. The van der Waals surface area contributed by atoms with Crippen LogP contribution in [-0.2, 0) is 13.0 Å². The Balaban J connectivity index is 1.32. The second kappa shape index (κ2) is 9.62. The minimum Gasteiger partial charge on any atom is -0.493 e. The normalized spacial score (nSPS) is 12.3. The average molecular weight is 476 g/mol. The topological polar surface area (TPSA) is 81.9 Å². The maximum atomic E-state index is 12.8. The maximum absolute atomic E-state index is 12.8. The molecule has 0 radical (unpaired) electrons. The van der Waals surface area contributed by atoms with Gasteiger partial charge in [-0.1, -0.05) is 30.3 Å². The molecule has 3 aromatic carbocycles. The van der Waals surface area contributed by atoms with E-state index < -0.39 is 0 Å². The largest absolute Gasteiger partial charge is 0.493 e. The lowest BCUT2D eigenvalue weighted by atomic mass is 10.0. The summed E-state index contributed by atoms with van der Waals surface area (Å²) in [5, 5.41) is 3.00. The summed E-state index contributed by atoms with van der Waals surface area (Å²) in [6, 6.07) is 21.8. The molecule has 0 bridgehead atoms. The molecule has 2 aromatic heterocycles. The summed E-state index contributed by atoms with van der Waals surface area (Å²) in [5.41, 5.74) is 6.78. The molecule has 1 amide bonds. The summed E-state index contributed by atoms with van der Waals surface area (Å²) in [4.78, 5) is 26.9. The number of nitrogens with one attached hydrogen (secondary N) is 1. The van der Waals surface area contributed by atoms with Crippen molar-refractivity contribution in [3.63, 3.8) is 0 Å². The number of fused-ring (bicyclic) bond motifs is 2. The summed E-state index contributed by atoms with van der Waals surface area (Å²) in [7, 11) is 0. The molecule has 6 rings (SSSR count). The third kappa shape index (κ3) is 4.43. The van der Waals surface area contributed by atoms with Crippen LogP contribution < -0.4 is 10.1 Å². The van der Waals surface area contributed by atoms with Gasteiger partial charge < -0.3 is 14.6 Å². The lowest BCUT2D eigenvalue weighted by Crippen LogP contribution is -2.25. The predicted octanol–water partition coefficient (Wildman–Crippen LogP) is 4.92. The van der Waals surface area contributed by atoms with Gasteiger partial charge in [0, 0.05) is 48.6 Å². The second-order valence-corrected chi connectivity index (χ2v) is 8.82. The molecule has 0 atom stereocenters. The molecular formula is C29H25N5O2. The summed E-state index contributed by atoms with van der Waals surface area (Å²) in [6.07, 6.45) is 7.15. The van der Waals surface area contributed by atoms with Gasteiger partial charge in [0.1, 0.15) is 5.75 Å². The molecule has 5 aromatic rings. The molecule has 0 fully saturated rings. The number of carbonyl (C=O) groups is 1. The zero-order valence-electron chi connectivity index (χ0n) is 19.7. The number of ether oxygens (including phenoxy) is 1. The summed E-state index contributed by atoms with van der Waals surface area (Å²) in [5.74, 6) is 0.813. The Labute approximate surface area is 208 Å². The Morgan fingerprint density at radius 1 is 0.944 bits per heavy atom. The average Bonchev–Trinajstić information content (AvgIpc) is 3.62. The summed E-state index contributed by atoms with van der Waals surface area (Å²) in [6.45, 7) is 2.09. The van der Waals surface area contributed by atoms with E-state index in [1.807, 2.05) is 71.4 Å². The highest BCUT2D eigenvalue weighted by molar-refractivity contribution is 5.98. The van der Waals surface area contributed by atoms with Crippen LogP contribution in [0.3, 0.4) is 0 Å². The van der Waals surface area contributed by atoms with Crippen molar-refractivity contribution in [2.24, 2.45) is 0 Å². The van der Waals surface area contributed by atoms with E-state index in [1.54, 1.807) is 12.5 Å². The number of aryl methyl sites for hydroxylation is 1. The van der Waals surface area contributed by atoms with Gasteiger partial charge in [0.2, 0.25) is 0 Å². The third-order valence-corrected chi connectivity index (χ3v) is 6.37. The van der Waals surface area contributed by atoms with Crippen LogP contribution in [0.5, 0.6) is 5.75 Å². The highest BCUT2D eigenvalue weighted by atomic mass is 16.5. The highest BCUT2D eigenvalue weighted by Crippen LogP contribution is 2.35. The Morgan fingerprint density at radius 2 is 1.81 bits per heavy atom. The Hall–Kier alpha value is -4.52. The van der Waals surface area contributed by atoms with Gasteiger partial charge in [-0.3, -0.25) is 4.79 Å². The van der Waals surface area contributed by atoms with E-state index in [4.69, 9.17) is 14.7 Å². The lowest BCUT2D eigenvalue weighted by molar-refractivity contribution is 0.0953. The summed E-state index contributed by atoms with van der Waals surface area (Å²) < 4.78 is 7.69. The first-order chi connectivity index (χ1) is 17.7. The van der Waals surface area contributed by atoms with Crippen molar-refractivity contribution in [1.82, 2.24) is 24.8 Å². The molecule has 1 aliphatic heterocycles. The number of benzene rings is 3. The third-order valence-electron chi connectivity index (χ3n) is 6.37. The van der Waals surface area contributed by atoms with Crippen LogP contribution in [0.25, 0.3) is 33.5 Å². The van der Waals surface area contributed by atoms with E-state index in [0.29, 0.717) is 24.2 Å². The first-order valence-electron chi connectivity index (χ1n) is 12.1. The van der Waals surface area contributed by atoms with E-state index in [9.17, 15) is 4.79 Å². The fraction of sp³-hybridized carbons (Fsp3) is 0.172. The van der Waals surface area contributed by atoms with E-state index in [-0.39, 0.29) is 5.91 Å². The van der Waals surface area contributed by atoms with Crippen molar-refractivity contribution in [1.29, 1.82) is 0 Å². The number of imidazole rings is 1. The lowest BCUT2D eigenvalue weighted by Gasteiger charge is -2.12. The number of hydrogen-bond donors (Lipinski definition) is 1. The van der Waals surface area contributed by atoms with Gasteiger partial charge in [-0.05, 0) is 48.4 Å². The van der Waals surface area contributed by atoms with Crippen LogP contribution >= 0.6 is 0 Å². The van der Waals surface area contributed by atoms with Gasteiger partial charge >= 0.3 is 0 Å². The molecule has 0 spiro atoms. The van der Waals surface area contributed by atoms with Crippen molar-refractivity contribution in [2.45, 2.75) is 19.4 Å². The van der Waals surface area contributed by atoms with Crippen molar-refractivity contribution in [3.8, 4) is 28.3 Å². The van der Waals surface area contributed by atoms with E-state index >= 15 is 0 Å². The van der Waals surface area contributed by atoms with Crippen LogP contribution in [-0.4, -0.2) is 38.6 Å². The molecule has 178 valence electrons. The number of rotatable bonds is 7. The minimum atomic E-state index is -0.118. The van der Waals surface area contributed by atoms with Crippen LogP contribution in [0.1, 0.15) is 22.3 Å². The van der Waals surface area contributed by atoms with Crippen molar-refractivity contribution in [2.75, 3.05) is 13.2 Å². The number of aromatic nitrogens is 4. The smallest absolute Gasteiger partial charge is 0.251 e. The Morgan fingerprint density at radius 3 is 2.67 bits per heavy atom. The molecule has 7 heteroatoms. The number of amides is 1. The first-order valence-corrected chi connectivity index (χ1v) is 12.1. The molecule has 1 N–H and O–H groups in total. The number of hydrogen-bond acceptors (Lipinski definition) is 5.